The molecule has 0 bridgehead atoms. The van der Waals surface area contributed by atoms with Crippen molar-refractivity contribution in [3.63, 3.8) is 0 Å². The second-order valence-corrected chi connectivity index (χ2v) is 4.53. The van der Waals surface area contributed by atoms with E-state index >= 15 is 0 Å². The number of rotatable bonds is 4. The lowest BCUT2D eigenvalue weighted by Gasteiger charge is -2.19. The maximum atomic E-state index is 9.20. The first-order chi connectivity index (χ1) is 7.79. The summed E-state index contributed by atoms with van der Waals surface area (Å²) in [6.07, 6.45) is 3.49. The van der Waals surface area contributed by atoms with Crippen molar-refractivity contribution in [2.75, 3.05) is 6.61 Å². The number of aliphatic hydroxyl groups excluding tert-OH is 1. The summed E-state index contributed by atoms with van der Waals surface area (Å²) in [7, 11) is 0. The number of benzene rings is 1. The molecule has 0 radical (unpaired) electrons. The zero-order valence-corrected chi connectivity index (χ0v) is 9.39. The highest BCUT2D eigenvalue weighted by Gasteiger charge is 2.25. The Hall–Kier alpha value is -1.06. The molecule has 1 saturated carbocycles. The molecule has 3 heteroatoms. The van der Waals surface area contributed by atoms with Gasteiger partial charge in [0, 0.05) is 19.2 Å². The second kappa shape index (κ2) is 5.32. The van der Waals surface area contributed by atoms with Gasteiger partial charge < -0.3 is 15.5 Å². The fourth-order valence-electron chi connectivity index (χ4n) is 2.39. The second-order valence-electron chi connectivity index (χ2n) is 4.53. The third kappa shape index (κ3) is 2.74. The Morgan fingerprint density at radius 2 is 1.94 bits per heavy atom. The van der Waals surface area contributed by atoms with Crippen molar-refractivity contribution in [1.82, 2.24) is 5.32 Å². The van der Waals surface area contributed by atoms with Crippen LogP contribution in [0.15, 0.2) is 24.3 Å². The van der Waals surface area contributed by atoms with Crippen LogP contribution >= 0.6 is 0 Å². The fourth-order valence-corrected chi connectivity index (χ4v) is 2.39. The summed E-state index contributed by atoms with van der Waals surface area (Å²) in [5.74, 6) is 0.718. The summed E-state index contributed by atoms with van der Waals surface area (Å²) in [5.41, 5.74) is 1.17. The average Bonchev–Trinajstić information content (AvgIpc) is 2.76. The Labute approximate surface area is 96.1 Å². The molecule has 2 atom stereocenters. The van der Waals surface area contributed by atoms with Gasteiger partial charge >= 0.3 is 0 Å². The number of hydrogen-bond donors (Lipinski definition) is 3. The molecular formula is C13H19NO2. The van der Waals surface area contributed by atoms with Gasteiger partial charge in [0.15, 0.2) is 0 Å². The van der Waals surface area contributed by atoms with Gasteiger partial charge in [0.1, 0.15) is 5.75 Å². The number of aromatic hydroxyl groups is 1. The van der Waals surface area contributed by atoms with Crippen LogP contribution in [0.25, 0.3) is 0 Å². The van der Waals surface area contributed by atoms with Gasteiger partial charge in [-0.2, -0.15) is 0 Å². The highest BCUT2D eigenvalue weighted by atomic mass is 16.3. The first kappa shape index (κ1) is 11.4. The minimum Gasteiger partial charge on any atom is -0.508 e. The molecule has 88 valence electrons. The molecular weight excluding hydrogens is 202 g/mol. The molecule has 0 saturated heterocycles. The van der Waals surface area contributed by atoms with Gasteiger partial charge in [-0.25, -0.2) is 0 Å². The van der Waals surface area contributed by atoms with Crippen molar-refractivity contribution in [3.05, 3.63) is 29.8 Å². The molecule has 3 nitrogen and oxygen atoms in total. The van der Waals surface area contributed by atoms with Gasteiger partial charge in [-0.05, 0) is 36.5 Å². The lowest BCUT2D eigenvalue weighted by molar-refractivity contribution is 0.205. The zero-order valence-electron chi connectivity index (χ0n) is 9.39. The van der Waals surface area contributed by atoms with Gasteiger partial charge in [-0.15, -0.1) is 0 Å². The van der Waals surface area contributed by atoms with Crippen LogP contribution in [0.4, 0.5) is 0 Å². The van der Waals surface area contributed by atoms with Crippen LogP contribution in [0.1, 0.15) is 24.8 Å². The van der Waals surface area contributed by atoms with Crippen molar-refractivity contribution >= 4 is 0 Å². The van der Waals surface area contributed by atoms with E-state index in [2.05, 4.69) is 5.32 Å². The topological polar surface area (TPSA) is 52.5 Å². The van der Waals surface area contributed by atoms with Gasteiger partial charge in [0.25, 0.3) is 0 Å². The summed E-state index contributed by atoms with van der Waals surface area (Å²) in [6, 6.07) is 7.69. The summed E-state index contributed by atoms with van der Waals surface area (Å²) < 4.78 is 0. The molecule has 3 N–H and O–H groups in total. The standard InChI is InChI=1S/C13H19NO2/c15-9-11-2-1-3-13(11)14-8-10-4-6-12(16)7-5-10/h4-7,11,13-16H,1-3,8-9H2. The van der Waals surface area contributed by atoms with E-state index in [0.29, 0.717) is 17.7 Å². The monoisotopic (exact) mass is 221 g/mol. The van der Waals surface area contributed by atoms with Crippen LogP contribution in [0.5, 0.6) is 5.75 Å². The van der Waals surface area contributed by atoms with Crippen molar-refractivity contribution in [3.8, 4) is 5.75 Å². The summed E-state index contributed by atoms with van der Waals surface area (Å²) in [4.78, 5) is 0. The maximum absolute atomic E-state index is 9.20. The quantitative estimate of drug-likeness (QED) is 0.724. The molecule has 1 aromatic rings. The van der Waals surface area contributed by atoms with Crippen LogP contribution in [-0.4, -0.2) is 22.9 Å². The zero-order chi connectivity index (χ0) is 11.4. The number of phenolic OH excluding ortho intramolecular Hbond substituents is 1. The van der Waals surface area contributed by atoms with Crippen LogP contribution in [0.3, 0.4) is 0 Å². The predicted molar refractivity (Wildman–Crippen MR) is 63.2 cm³/mol. The number of aliphatic hydroxyl groups is 1. The first-order valence-electron chi connectivity index (χ1n) is 5.92. The van der Waals surface area contributed by atoms with E-state index in [1.165, 1.54) is 12.0 Å². The molecule has 0 amide bonds. The molecule has 1 aliphatic carbocycles. The summed E-state index contributed by atoms with van der Waals surface area (Å²) in [5, 5.41) is 21.8. The van der Waals surface area contributed by atoms with E-state index in [9.17, 15) is 5.11 Å². The van der Waals surface area contributed by atoms with Gasteiger partial charge in [0.2, 0.25) is 0 Å². The van der Waals surface area contributed by atoms with Crippen LogP contribution in [-0.2, 0) is 6.54 Å². The number of phenols is 1. The first-order valence-corrected chi connectivity index (χ1v) is 5.92. The van der Waals surface area contributed by atoms with Gasteiger partial charge in [-0.1, -0.05) is 18.6 Å². The molecule has 2 unspecified atom stereocenters. The van der Waals surface area contributed by atoms with Crippen molar-refractivity contribution < 1.29 is 10.2 Å². The highest BCUT2D eigenvalue weighted by molar-refractivity contribution is 5.25. The molecule has 1 aliphatic rings. The Morgan fingerprint density at radius 1 is 1.19 bits per heavy atom. The molecule has 16 heavy (non-hydrogen) atoms. The summed E-state index contributed by atoms with van der Waals surface area (Å²) >= 11 is 0. The lowest BCUT2D eigenvalue weighted by Crippen LogP contribution is -2.33. The Bertz CT molecular complexity index is 323. The van der Waals surface area contributed by atoms with Crippen molar-refractivity contribution in [2.45, 2.75) is 31.8 Å². The molecule has 0 aromatic heterocycles. The number of hydrogen-bond acceptors (Lipinski definition) is 3. The minimum absolute atomic E-state index is 0.285. The predicted octanol–water partition coefficient (Wildman–Crippen LogP) is 1.64. The number of nitrogens with one attached hydrogen (secondary N) is 1. The molecule has 0 aliphatic heterocycles. The lowest BCUT2D eigenvalue weighted by atomic mass is 10.0. The molecule has 1 aromatic carbocycles. The van der Waals surface area contributed by atoms with Gasteiger partial charge in [-0.3, -0.25) is 0 Å². The van der Waals surface area contributed by atoms with E-state index in [4.69, 9.17) is 5.11 Å². The SMILES string of the molecule is OCC1CCCC1NCc1ccc(O)cc1. The van der Waals surface area contributed by atoms with Crippen molar-refractivity contribution in [2.24, 2.45) is 5.92 Å². The summed E-state index contributed by atoms with van der Waals surface area (Å²) in [6.45, 7) is 1.09. The van der Waals surface area contributed by atoms with E-state index in [0.717, 1.165) is 19.4 Å². The maximum Gasteiger partial charge on any atom is 0.115 e. The smallest absolute Gasteiger partial charge is 0.115 e. The molecule has 2 rings (SSSR count). The Morgan fingerprint density at radius 3 is 2.62 bits per heavy atom. The van der Waals surface area contributed by atoms with Crippen LogP contribution in [0, 0.1) is 5.92 Å². The van der Waals surface area contributed by atoms with Crippen molar-refractivity contribution in [1.29, 1.82) is 0 Å². The average molecular weight is 221 g/mol. The largest absolute Gasteiger partial charge is 0.508 e. The third-order valence-corrected chi connectivity index (χ3v) is 3.40. The molecule has 0 heterocycles. The normalized spacial score (nSPS) is 24.8. The Balaban J connectivity index is 1.85. The molecule has 0 spiro atoms. The molecule has 1 fully saturated rings. The van der Waals surface area contributed by atoms with E-state index in [1.54, 1.807) is 12.1 Å². The van der Waals surface area contributed by atoms with Gasteiger partial charge in [0.05, 0.1) is 0 Å². The third-order valence-electron chi connectivity index (χ3n) is 3.40. The minimum atomic E-state index is 0.285. The van der Waals surface area contributed by atoms with E-state index in [1.807, 2.05) is 12.1 Å². The van der Waals surface area contributed by atoms with E-state index < -0.39 is 0 Å². The van der Waals surface area contributed by atoms with E-state index in [-0.39, 0.29) is 6.61 Å². The fraction of sp³-hybridized carbons (Fsp3) is 0.538. The highest BCUT2D eigenvalue weighted by Crippen LogP contribution is 2.25. The van der Waals surface area contributed by atoms with Crippen LogP contribution in [0.2, 0.25) is 0 Å². The van der Waals surface area contributed by atoms with Crippen LogP contribution < -0.4 is 5.32 Å². The Kier molecular flexibility index (Phi) is 3.80.